The number of rotatable bonds is 4. The van der Waals surface area contributed by atoms with E-state index in [0.29, 0.717) is 5.56 Å². The predicted octanol–water partition coefficient (Wildman–Crippen LogP) is 2.01. The Morgan fingerprint density at radius 1 is 1.19 bits per heavy atom. The summed E-state index contributed by atoms with van der Waals surface area (Å²) in [6, 6.07) is 9.61. The van der Waals surface area contributed by atoms with Gasteiger partial charge >= 0.3 is 0 Å². The number of anilines is 1. The highest BCUT2D eigenvalue weighted by Gasteiger charge is 2.18. The van der Waals surface area contributed by atoms with E-state index in [-0.39, 0.29) is 17.9 Å². The summed E-state index contributed by atoms with van der Waals surface area (Å²) in [7, 11) is 0. The van der Waals surface area contributed by atoms with Crippen LogP contribution >= 0.6 is 0 Å². The summed E-state index contributed by atoms with van der Waals surface area (Å²) in [5.41, 5.74) is 5.86. The predicted molar refractivity (Wildman–Crippen MR) is 74.5 cm³/mol. The summed E-state index contributed by atoms with van der Waals surface area (Å²) in [6.45, 7) is -0.334. The number of nitrogens with one attached hydrogen (secondary N) is 1. The monoisotopic (exact) mass is 292 g/mol. The molecule has 0 bridgehead atoms. The summed E-state index contributed by atoms with van der Waals surface area (Å²) in [5, 5.41) is 11.9. The Balaban J connectivity index is 2.23. The lowest BCUT2D eigenvalue weighted by atomic mass is 10.1. The van der Waals surface area contributed by atoms with Crippen LogP contribution in [0.4, 0.5) is 14.5 Å². The molecule has 2 aromatic rings. The molecule has 0 radical (unpaired) electrons. The van der Waals surface area contributed by atoms with Crippen molar-refractivity contribution >= 4 is 11.6 Å². The van der Waals surface area contributed by atoms with Crippen LogP contribution in [0.3, 0.4) is 0 Å². The highest BCUT2D eigenvalue weighted by Crippen LogP contribution is 2.19. The third kappa shape index (κ3) is 3.35. The number of hydrogen-bond acceptors (Lipinski definition) is 3. The maximum absolute atomic E-state index is 13.2. The second kappa shape index (κ2) is 6.32. The van der Waals surface area contributed by atoms with Gasteiger partial charge in [-0.2, -0.15) is 0 Å². The molecule has 0 fully saturated rings. The van der Waals surface area contributed by atoms with Gasteiger partial charge in [0.1, 0.15) is 0 Å². The zero-order chi connectivity index (χ0) is 15.4. The molecule has 0 spiro atoms. The van der Waals surface area contributed by atoms with Gasteiger partial charge in [-0.3, -0.25) is 4.79 Å². The molecule has 2 rings (SSSR count). The Kier molecular flexibility index (Phi) is 4.49. The van der Waals surface area contributed by atoms with Gasteiger partial charge in [-0.25, -0.2) is 8.78 Å². The Labute approximate surface area is 120 Å². The van der Waals surface area contributed by atoms with Crippen molar-refractivity contribution in [1.29, 1.82) is 0 Å². The van der Waals surface area contributed by atoms with Crippen molar-refractivity contribution < 1.29 is 18.7 Å². The van der Waals surface area contributed by atoms with Crippen LogP contribution in [0.5, 0.6) is 0 Å². The van der Waals surface area contributed by atoms with Crippen molar-refractivity contribution in [2.75, 3.05) is 12.3 Å². The number of carbonyl (C=O) groups is 1. The Hall–Kier alpha value is -2.47. The maximum atomic E-state index is 13.2. The molecule has 4 nitrogen and oxygen atoms in total. The largest absolute Gasteiger partial charge is 0.398 e. The van der Waals surface area contributed by atoms with Crippen LogP contribution in [-0.2, 0) is 0 Å². The summed E-state index contributed by atoms with van der Waals surface area (Å²) in [5.74, 6) is -2.96. The molecule has 0 aliphatic rings. The van der Waals surface area contributed by atoms with Crippen LogP contribution in [-0.4, -0.2) is 17.6 Å². The first kappa shape index (κ1) is 14.9. The van der Waals surface area contributed by atoms with Crippen LogP contribution in [0.2, 0.25) is 0 Å². The highest BCUT2D eigenvalue weighted by atomic mass is 19.2. The second-order valence-corrected chi connectivity index (χ2v) is 4.47. The zero-order valence-electron chi connectivity index (χ0n) is 11.0. The fraction of sp³-hybridized carbons (Fsp3) is 0.133. The molecule has 0 aliphatic heterocycles. The smallest absolute Gasteiger partial charge is 0.254 e. The number of nitrogens with two attached hydrogens (primary N) is 1. The van der Waals surface area contributed by atoms with E-state index in [1.807, 2.05) is 0 Å². The number of nitrogen functional groups attached to an aromatic ring is 1. The van der Waals surface area contributed by atoms with Crippen LogP contribution in [0, 0.1) is 11.6 Å². The van der Waals surface area contributed by atoms with Crippen molar-refractivity contribution in [2.24, 2.45) is 0 Å². The maximum Gasteiger partial charge on any atom is 0.254 e. The molecule has 0 unspecified atom stereocenters. The van der Waals surface area contributed by atoms with Crippen molar-refractivity contribution in [2.45, 2.75) is 6.04 Å². The molecular weight excluding hydrogens is 278 g/mol. The van der Waals surface area contributed by atoms with Gasteiger partial charge in [0.25, 0.3) is 5.91 Å². The van der Waals surface area contributed by atoms with Gasteiger partial charge in [0.2, 0.25) is 0 Å². The second-order valence-electron chi connectivity index (χ2n) is 4.47. The number of amides is 1. The molecule has 110 valence electrons. The fourth-order valence-electron chi connectivity index (χ4n) is 1.91. The standard InChI is InChI=1S/C15H14F2N2O2/c16-11-6-10(13(18)7-12(11)17)15(21)19-14(8-20)9-4-2-1-3-5-9/h1-7,14,20H,8,18H2,(H,19,21)/t14-/m0/s1. The summed E-state index contributed by atoms with van der Waals surface area (Å²) >= 11 is 0. The van der Waals surface area contributed by atoms with Crippen molar-refractivity contribution in [3.05, 3.63) is 65.2 Å². The number of hydrogen-bond donors (Lipinski definition) is 3. The molecule has 0 aliphatic carbocycles. The number of aliphatic hydroxyl groups excluding tert-OH is 1. The summed E-state index contributed by atoms with van der Waals surface area (Å²) in [6.07, 6.45) is 0. The lowest BCUT2D eigenvalue weighted by molar-refractivity contribution is 0.0916. The van der Waals surface area contributed by atoms with Crippen molar-refractivity contribution in [3.63, 3.8) is 0 Å². The quantitative estimate of drug-likeness (QED) is 0.755. The number of aliphatic hydroxyl groups is 1. The summed E-state index contributed by atoms with van der Waals surface area (Å²) < 4.78 is 26.2. The van der Waals surface area contributed by atoms with Gasteiger partial charge in [-0.1, -0.05) is 30.3 Å². The van der Waals surface area contributed by atoms with Crippen molar-refractivity contribution in [1.82, 2.24) is 5.32 Å². The molecule has 0 heterocycles. The highest BCUT2D eigenvalue weighted by molar-refractivity contribution is 5.99. The minimum atomic E-state index is -1.16. The molecule has 0 aromatic heterocycles. The van der Waals surface area contributed by atoms with Gasteiger partial charge < -0.3 is 16.2 Å². The first-order valence-corrected chi connectivity index (χ1v) is 6.24. The first-order chi connectivity index (χ1) is 10.0. The van der Waals surface area contributed by atoms with Gasteiger partial charge in [-0.05, 0) is 11.6 Å². The van der Waals surface area contributed by atoms with E-state index in [9.17, 15) is 18.7 Å². The molecule has 0 saturated heterocycles. The minimum absolute atomic E-state index is 0.170. The molecular formula is C15H14F2N2O2. The molecule has 1 atom stereocenters. The fourth-order valence-corrected chi connectivity index (χ4v) is 1.91. The van der Waals surface area contributed by atoms with Crippen LogP contribution in [0.25, 0.3) is 0 Å². The van der Waals surface area contributed by atoms with Gasteiger partial charge in [0.15, 0.2) is 11.6 Å². The minimum Gasteiger partial charge on any atom is -0.398 e. The van der Waals surface area contributed by atoms with Gasteiger partial charge in [0, 0.05) is 11.8 Å². The van der Waals surface area contributed by atoms with Crippen LogP contribution in [0.1, 0.15) is 22.0 Å². The number of halogens is 2. The van der Waals surface area contributed by atoms with Crippen LogP contribution in [0.15, 0.2) is 42.5 Å². The Morgan fingerprint density at radius 2 is 1.81 bits per heavy atom. The lowest BCUT2D eigenvalue weighted by Gasteiger charge is -2.17. The normalized spacial score (nSPS) is 12.0. The molecule has 6 heteroatoms. The molecule has 4 N–H and O–H groups in total. The molecule has 21 heavy (non-hydrogen) atoms. The third-order valence-corrected chi connectivity index (χ3v) is 3.03. The number of carbonyl (C=O) groups excluding carboxylic acids is 1. The molecule has 1 amide bonds. The van der Waals surface area contributed by atoms with E-state index in [0.717, 1.165) is 12.1 Å². The average molecular weight is 292 g/mol. The first-order valence-electron chi connectivity index (χ1n) is 6.24. The van der Waals surface area contributed by atoms with E-state index in [4.69, 9.17) is 5.73 Å². The van der Waals surface area contributed by atoms with Crippen LogP contribution < -0.4 is 11.1 Å². The van der Waals surface area contributed by atoms with Gasteiger partial charge in [0.05, 0.1) is 18.2 Å². The summed E-state index contributed by atoms with van der Waals surface area (Å²) in [4.78, 5) is 12.1. The third-order valence-electron chi connectivity index (χ3n) is 3.03. The SMILES string of the molecule is Nc1cc(F)c(F)cc1C(=O)N[C@@H](CO)c1ccccc1. The van der Waals surface area contributed by atoms with E-state index in [1.165, 1.54) is 0 Å². The Bertz CT molecular complexity index is 648. The zero-order valence-corrected chi connectivity index (χ0v) is 11.0. The Morgan fingerprint density at radius 3 is 2.43 bits per heavy atom. The molecule has 2 aromatic carbocycles. The van der Waals surface area contributed by atoms with Crippen molar-refractivity contribution in [3.8, 4) is 0 Å². The lowest BCUT2D eigenvalue weighted by Crippen LogP contribution is -2.31. The number of benzene rings is 2. The van der Waals surface area contributed by atoms with E-state index in [1.54, 1.807) is 30.3 Å². The average Bonchev–Trinajstić information content (AvgIpc) is 2.49. The van der Waals surface area contributed by atoms with E-state index >= 15 is 0 Å². The molecule has 0 saturated carbocycles. The van der Waals surface area contributed by atoms with E-state index in [2.05, 4.69) is 5.32 Å². The van der Waals surface area contributed by atoms with E-state index < -0.39 is 23.6 Å². The van der Waals surface area contributed by atoms with Gasteiger partial charge in [-0.15, -0.1) is 0 Å². The topological polar surface area (TPSA) is 75.4 Å².